The minimum atomic E-state index is -4.72. The number of carbonyl (C=O) groups excluding carboxylic acids is 1. The molecule has 1 heterocycles. The van der Waals surface area contributed by atoms with Crippen molar-refractivity contribution in [3.05, 3.63) is 23.3 Å². The van der Waals surface area contributed by atoms with Crippen LogP contribution in [-0.4, -0.2) is 19.9 Å². The summed E-state index contributed by atoms with van der Waals surface area (Å²) in [7, 11) is 1.01. The van der Waals surface area contributed by atoms with Gasteiger partial charge >= 0.3 is 12.1 Å². The third-order valence-electron chi connectivity index (χ3n) is 2.23. The van der Waals surface area contributed by atoms with Gasteiger partial charge in [0.15, 0.2) is 11.5 Å². The molecule has 17 heavy (non-hydrogen) atoms. The number of hydrogen-bond donors (Lipinski definition) is 0. The van der Waals surface area contributed by atoms with Gasteiger partial charge in [0.1, 0.15) is 5.56 Å². The first-order valence-electron chi connectivity index (χ1n) is 4.53. The van der Waals surface area contributed by atoms with E-state index in [1.807, 2.05) is 0 Å². The van der Waals surface area contributed by atoms with Gasteiger partial charge < -0.3 is 14.2 Å². The Bertz CT molecular complexity index is 467. The summed E-state index contributed by atoms with van der Waals surface area (Å²) in [6.07, 6.45) is -4.72. The first kappa shape index (κ1) is 11.6. The first-order chi connectivity index (χ1) is 7.95. The van der Waals surface area contributed by atoms with E-state index >= 15 is 0 Å². The molecule has 7 heteroatoms. The fourth-order valence-electron chi connectivity index (χ4n) is 1.53. The SMILES string of the molecule is COC(=O)c1ccc2c(c1C(F)(F)F)OCO2. The van der Waals surface area contributed by atoms with E-state index in [1.54, 1.807) is 0 Å². The van der Waals surface area contributed by atoms with Gasteiger partial charge in [-0.15, -0.1) is 0 Å². The minimum absolute atomic E-state index is 0.0371. The zero-order chi connectivity index (χ0) is 12.6. The summed E-state index contributed by atoms with van der Waals surface area (Å²) in [6, 6.07) is 2.24. The molecule has 0 fully saturated rings. The van der Waals surface area contributed by atoms with Gasteiger partial charge in [0.05, 0.1) is 12.7 Å². The Morgan fingerprint density at radius 1 is 1.35 bits per heavy atom. The van der Waals surface area contributed by atoms with E-state index in [0.29, 0.717) is 0 Å². The van der Waals surface area contributed by atoms with E-state index in [-0.39, 0.29) is 12.5 Å². The lowest BCUT2D eigenvalue weighted by atomic mass is 10.1. The number of carbonyl (C=O) groups is 1. The van der Waals surface area contributed by atoms with Crippen LogP contribution in [0.25, 0.3) is 0 Å². The molecule has 0 amide bonds. The third kappa shape index (κ3) is 1.88. The predicted octanol–water partition coefficient (Wildman–Crippen LogP) is 2.22. The fraction of sp³-hybridized carbons (Fsp3) is 0.300. The number of halogens is 3. The second-order valence-electron chi connectivity index (χ2n) is 3.21. The van der Waals surface area contributed by atoms with Crippen LogP contribution < -0.4 is 9.47 Å². The highest BCUT2D eigenvalue weighted by molar-refractivity contribution is 5.92. The van der Waals surface area contributed by atoms with Crippen molar-refractivity contribution < 1.29 is 32.2 Å². The lowest BCUT2D eigenvalue weighted by molar-refractivity contribution is -0.139. The number of fused-ring (bicyclic) bond motifs is 1. The van der Waals surface area contributed by atoms with Crippen molar-refractivity contribution in [3.8, 4) is 11.5 Å². The number of hydrogen-bond acceptors (Lipinski definition) is 4. The van der Waals surface area contributed by atoms with E-state index in [2.05, 4.69) is 4.74 Å². The smallest absolute Gasteiger partial charge is 0.420 e. The molecular formula is C10H7F3O4. The largest absolute Gasteiger partial charge is 0.465 e. The average molecular weight is 248 g/mol. The van der Waals surface area contributed by atoms with E-state index in [9.17, 15) is 18.0 Å². The monoisotopic (exact) mass is 248 g/mol. The van der Waals surface area contributed by atoms with Gasteiger partial charge in [-0.1, -0.05) is 0 Å². The van der Waals surface area contributed by atoms with Gasteiger partial charge in [-0.25, -0.2) is 4.79 Å². The van der Waals surface area contributed by atoms with E-state index in [0.717, 1.165) is 13.2 Å². The summed E-state index contributed by atoms with van der Waals surface area (Å²) in [5.74, 6) is -1.58. The van der Waals surface area contributed by atoms with Crippen LogP contribution in [0.1, 0.15) is 15.9 Å². The molecule has 0 aromatic heterocycles. The number of methoxy groups -OCH3 is 1. The Morgan fingerprint density at radius 2 is 2.06 bits per heavy atom. The van der Waals surface area contributed by atoms with Crippen molar-refractivity contribution in [1.82, 2.24) is 0 Å². The number of esters is 1. The molecule has 0 bridgehead atoms. The van der Waals surface area contributed by atoms with Crippen LogP contribution >= 0.6 is 0 Å². The molecule has 0 atom stereocenters. The number of benzene rings is 1. The summed E-state index contributed by atoms with van der Waals surface area (Å²) in [5.41, 5.74) is -1.76. The van der Waals surface area contributed by atoms with E-state index in [1.165, 1.54) is 6.07 Å². The Hall–Kier alpha value is -1.92. The summed E-state index contributed by atoms with van der Waals surface area (Å²) >= 11 is 0. The molecule has 92 valence electrons. The van der Waals surface area contributed by atoms with Gasteiger partial charge in [0.25, 0.3) is 0 Å². The molecule has 0 spiro atoms. The Labute approximate surface area is 93.9 Å². The highest BCUT2D eigenvalue weighted by Gasteiger charge is 2.42. The molecule has 0 unspecified atom stereocenters. The van der Waals surface area contributed by atoms with Gasteiger partial charge in [0, 0.05) is 0 Å². The normalized spacial score (nSPS) is 13.6. The highest BCUT2D eigenvalue weighted by Crippen LogP contribution is 2.46. The first-order valence-corrected chi connectivity index (χ1v) is 4.53. The Kier molecular flexibility index (Phi) is 2.60. The molecule has 2 rings (SSSR count). The maximum absolute atomic E-state index is 12.9. The number of ether oxygens (including phenoxy) is 3. The van der Waals surface area contributed by atoms with Crippen molar-refractivity contribution in [2.24, 2.45) is 0 Å². The molecule has 0 N–H and O–H groups in total. The van der Waals surface area contributed by atoms with E-state index in [4.69, 9.17) is 9.47 Å². The molecule has 0 radical (unpaired) electrons. The molecule has 1 aliphatic heterocycles. The number of alkyl halides is 3. The van der Waals surface area contributed by atoms with Gasteiger partial charge in [-0.2, -0.15) is 13.2 Å². The highest BCUT2D eigenvalue weighted by atomic mass is 19.4. The van der Waals surface area contributed by atoms with Crippen LogP contribution in [0, 0.1) is 0 Å². The second kappa shape index (κ2) is 3.83. The zero-order valence-electron chi connectivity index (χ0n) is 8.63. The summed E-state index contributed by atoms with van der Waals surface area (Å²) in [4.78, 5) is 11.3. The topological polar surface area (TPSA) is 44.8 Å². The second-order valence-corrected chi connectivity index (χ2v) is 3.21. The quantitative estimate of drug-likeness (QED) is 0.715. The van der Waals surface area contributed by atoms with Crippen molar-refractivity contribution in [1.29, 1.82) is 0 Å². The molecule has 0 saturated carbocycles. The Morgan fingerprint density at radius 3 is 2.65 bits per heavy atom. The summed E-state index contributed by atoms with van der Waals surface area (Å²) in [5, 5.41) is 0. The molecule has 4 nitrogen and oxygen atoms in total. The van der Waals surface area contributed by atoms with Gasteiger partial charge in [-0.05, 0) is 12.1 Å². The Balaban J connectivity index is 2.65. The molecule has 1 aromatic carbocycles. The summed E-state index contributed by atoms with van der Waals surface area (Å²) < 4.78 is 52.4. The van der Waals surface area contributed by atoms with Gasteiger partial charge in [-0.3, -0.25) is 0 Å². The van der Waals surface area contributed by atoms with Gasteiger partial charge in [0.2, 0.25) is 6.79 Å². The standard InChI is InChI=1S/C10H7F3O4/c1-15-9(14)5-2-3-6-8(17-4-16-6)7(5)10(11,12)13/h2-3H,4H2,1H3. The molecule has 1 aliphatic rings. The van der Waals surface area contributed by atoms with Crippen molar-refractivity contribution >= 4 is 5.97 Å². The molecule has 0 aliphatic carbocycles. The van der Waals surface area contributed by atoms with E-state index < -0.39 is 29.0 Å². The predicted molar refractivity (Wildman–Crippen MR) is 48.9 cm³/mol. The van der Waals surface area contributed by atoms with Crippen LogP contribution in [0.5, 0.6) is 11.5 Å². The van der Waals surface area contributed by atoms with Crippen LogP contribution in [0.15, 0.2) is 12.1 Å². The zero-order valence-corrected chi connectivity index (χ0v) is 8.63. The summed E-state index contributed by atoms with van der Waals surface area (Å²) in [6.45, 7) is -0.303. The molecule has 1 aromatic rings. The van der Waals surface area contributed by atoms with Crippen LogP contribution in [0.2, 0.25) is 0 Å². The van der Waals surface area contributed by atoms with Crippen molar-refractivity contribution in [3.63, 3.8) is 0 Å². The lowest BCUT2D eigenvalue weighted by Crippen LogP contribution is -2.15. The minimum Gasteiger partial charge on any atom is -0.465 e. The molecular weight excluding hydrogens is 241 g/mol. The van der Waals surface area contributed by atoms with Crippen LogP contribution in [0.4, 0.5) is 13.2 Å². The fourth-order valence-corrected chi connectivity index (χ4v) is 1.53. The lowest BCUT2D eigenvalue weighted by Gasteiger charge is -2.13. The van der Waals surface area contributed by atoms with Crippen molar-refractivity contribution in [2.75, 3.05) is 13.9 Å². The third-order valence-corrected chi connectivity index (χ3v) is 2.23. The average Bonchev–Trinajstić information content (AvgIpc) is 2.72. The molecule has 0 saturated heterocycles. The maximum atomic E-state index is 12.9. The van der Waals surface area contributed by atoms with Crippen molar-refractivity contribution in [2.45, 2.75) is 6.18 Å². The van der Waals surface area contributed by atoms with Crippen LogP contribution in [-0.2, 0) is 10.9 Å². The van der Waals surface area contributed by atoms with Crippen LogP contribution in [0.3, 0.4) is 0 Å². The number of rotatable bonds is 1. The maximum Gasteiger partial charge on any atom is 0.420 e.